The molecular weight excluding hydrogens is 356 g/mol. The fourth-order valence-corrected chi connectivity index (χ4v) is 3.55. The Morgan fingerprint density at radius 3 is 2.46 bits per heavy atom. The van der Waals surface area contributed by atoms with Crippen LogP contribution < -0.4 is 9.47 Å². The molecule has 0 amide bonds. The summed E-state index contributed by atoms with van der Waals surface area (Å²) in [5, 5.41) is 20.8. The highest BCUT2D eigenvalue weighted by Crippen LogP contribution is 2.46. The third-order valence-electron chi connectivity index (χ3n) is 4.98. The van der Waals surface area contributed by atoms with Crippen LogP contribution >= 0.6 is 0 Å². The van der Waals surface area contributed by atoms with E-state index in [4.69, 9.17) is 9.47 Å². The summed E-state index contributed by atoms with van der Waals surface area (Å²) in [6, 6.07) is 17.8. The number of phenolic OH excluding ortho intramolecular Hbond substituents is 2. The lowest BCUT2D eigenvalue weighted by atomic mass is 9.91. The monoisotopic (exact) mass is 376 g/mol. The van der Waals surface area contributed by atoms with Crippen LogP contribution in [0.25, 0.3) is 0 Å². The first-order valence-electron chi connectivity index (χ1n) is 9.03. The number of Topliss-reactive ketones (excluding diaryl/α,β-unsaturated/α-hetero) is 1. The van der Waals surface area contributed by atoms with Gasteiger partial charge in [-0.3, -0.25) is 4.79 Å². The Kier molecular flexibility index (Phi) is 4.65. The molecule has 1 aliphatic rings. The number of benzene rings is 3. The first-order chi connectivity index (χ1) is 13.6. The molecule has 0 saturated heterocycles. The summed E-state index contributed by atoms with van der Waals surface area (Å²) in [7, 11) is 1.45. The molecule has 1 atom stereocenters. The summed E-state index contributed by atoms with van der Waals surface area (Å²) in [5.41, 5.74) is 2.30. The van der Waals surface area contributed by atoms with Crippen molar-refractivity contribution in [2.24, 2.45) is 0 Å². The van der Waals surface area contributed by atoms with E-state index in [0.717, 1.165) is 5.56 Å². The van der Waals surface area contributed by atoms with Crippen LogP contribution in [-0.4, -0.2) is 23.1 Å². The molecular formula is C23H20O5. The summed E-state index contributed by atoms with van der Waals surface area (Å²) >= 11 is 0. The Morgan fingerprint density at radius 1 is 1.04 bits per heavy atom. The zero-order chi connectivity index (χ0) is 19.7. The topological polar surface area (TPSA) is 76.0 Å². The number of carbonyl (C=O) groups is 1. The average Bonchev–Trinajstić information content (AvgIpc) is 2.71. The summed E-state index contributed by atoms with van der Waals surface area (Å²) < 4.78 is 11.5. The second kappa shape index (κ2) is 7.27. The molecule has 5 nitrogen and oxygen atoms in total. The molecule has 0 spiro atoms. The number of hydrogen-bond acceptors (Lipinski definition) is 5. The Bertz CT molecular complexity index is 1030. The highest BCUT2D eigenvalue weighted by molar-refractivity contribution is 6.03. The second-order valence-electron chi connectivity index (χ2n) is 6.73. The van der Waals surface area contributed by atoms with Crippen LogP contribution in [0, 0.1) is 0 Å². The Morgan fingerprint density at radius 2 is 1.75 bits per heavy atom. The van der Waals surface area contributed by atoms with Gasteiger partial charge in [0.25, 0.3) is 0 Å². The SMILES string of the molecule is COc1cc(O)c(Cc2ccccc2O)c2c1C(=O)C[C@H](c1ccccc1)O2. The predicted molar refractivity (Wildman–Crippen MR) is 104 cm³/mol. The molecule has 0 fully saturated rings. The standard InChI is InChI=1S/C23H20O5/c1-27-21-12-18(25)16(11-15-9-5-6-10-17(15)24)23-22(21)19(26)13-20(28-23)14-7-3-2-4-8-14/h2-10,12,20,24-25H,11,13H2,1H3/t20-/m1/s1. The van der Waals surface area contributed by atoms with Gasteiger partial charge in [-0.05, 0) is 17.2 Å². The molecule has 5 heteroatoms. The minimum absolute atomic E-state index is 0.0413. The van der Waals surface area contributed by atoms with Gasteiger partial charge in [-0.1, -0.05) is 48.5 Å². The highest BCUT2D eigenvalue weighted by atomic mass is 16.5. The lowest BCUT2D eigenvalue weighted by molar-refractivity contribution is 0.0842. The van der Waals surface area contributed by atoms with Gasteiger partial charge in [-0.25, -0.2) is 0 Å². The summed E-state index contributed by atoms with van der Waals surface area (Å²) in [6.45, 7) is 0. The van der Waals surface area contributed by atoms with Crippen molar-refractivity contribution < 1.29 is 24.5 Å². The van der Waals surface area contributed by atoms with E-state index in [1.54, 1.807) is 24.3 Å². The van der Waals surface area contributed by atoms with Crippen LogP contribution in [0.15, 0.2) is 60.7 Å². The minimum atomic E-state index is -0.448. The number of methoxy groups -OCH3 is 1. The quantitative estimate of drug-likeness (QED) is 0.706. The van der Waals surface area contributed by atoms with E-state index in [0.29, 0.717) is 22.4 Å². The van der Waals surface area contributed by atoms with Crippen molar-refractivity contribution in [1.82, 2.24) is 0 Å². The van der Waals surface area contributed by atoms with Crippen molar-refractivity contribution >= 4 is 5.78 Å². The molecule has 3 aromatic carbocycles. The van der Waals surface area contributed by atoms with Gasteiger partial charge in [0.05, 0.1) is 13.5 Å². The Hall–Kier alpha value is -3.47. The molecule has 0 saturated carbocycles. The largest absolute Gasteiger partial charge is 0.508 e. The van der Waals surface area contributed by atoms with Crippen molar-refractivity contribution in [3.05, 3.63) is 82.9 Å². The van der Waals surface area contributed by atoms with E-state index in [1.165, 1.54) is 13.2 Å². The molecule has 2 N–H and O–H groups in total. The number of aromatic hydroxyl groups is 2. The molecule has 0 bridgehead atoms. The molecule has 0 radical (unpaired) electrons. The lowest BCUT2D eigenvalue weighted by Gasteiger charge is -2.29. The third-order valence-corrected chi connectivity index (χ3v) is 4.98. The van der Waals surface area contributed by atoms with Gasteiger partial charge in [0.1, 0.15) is 34.7 Å². The summed E-state index contributed by atoms with van der Waals surface area (Å²) in [6.07, 6.45) is -0.0378. The van der Waals surface area contributed by atoms with Crippen molar-refractivity contribution in [3.8, 4) is 23.0 Å². The normalized spacial score (nSPS) is 15.6. The number of rotatable bonds is 4. The van der Waals surface area contributed by atoms with E-state index >= 15 is 0 Å². The van der Waals surface area contributed by atoms with Crippen molar-refractivity contribution in [3.63, 3.8) is 0 Å². The first-order valence-corrected chi connectivity index (χ1v) is 9.03. The fraction of sp³-hybridized carbons (Fsp3) is 0.174. The van der Waals surface area contributed by atoms with Crippen LogP contribution in [0.1, 0.15) is 39.6 Å². The predicted octanol–water partition coefficient (Wildman–Crippen LogP) is 4.40. The van der Waals surface area contributed by atoms with E-state index in [-0.39, 0.29) is 35.9 Å². The van der Waals surface area contributed by atoms with Crippen LogP contribution in [0.4, 0.5) is 0 Å². The van der Waals surface area contributed by atoms with Gasteiger partial charge in [-0.15, -0.1) is 0 Å². The molecule has 142 valence electrons. The van der Waals surface area contributed by atoms with Crippen LogP contribution in [0.5, 0.6) is 23.0 Å². The number of carbonyl (C=O) groups excluding carboxylic acids is 1. The minimum Gasteiger partial charge on any atom is -0.508 e. The molecule has 3 aromatic rings. The number of para-hydroxylation sites is 1. The summed E-state index contributed by atoms with van der Waals surface area (Å²) in [5.74, 6) is 0.564. The fourth-order valence-electron chi connectivity index (χ4n) is 3.55. The maximum atomic E-state index is 12.9. The van der Waals surface area contributed by atoms with Gasteiger partial charge < -0.3 is 19.7 Å². The Labute approximate surface area is 162 Å². The third kappa shape index (κ3) is 3.16. The van der Waals surface area contributed by atoms with E-state index in [2.05, 4.69) is 0 Å². The number of ether oxygens (including phenoxy) is 2. The zero-order valence-electron chi connectivity index (χ0n) is 15.4. The number of phenols is 2. The van der Waals surface area contributed by atoms with Crippen LogP contribution in [0.3, 0.4) is 0 Å². The van der Waals surface area contributed by atoms with E-state index < -0.39 is 6.10 Å². The number of hydrogen-bond donors (Lipinski definition) is 2. The number of fused-ring (bicyclic) bond motifs is 1. The zero-order valence-corrected chi connectivity index (χ0v) is 15.4. The maximum absolute atomic E-state index is 12.9. The summed E-state index contributed by atoms with van der Waals surface area (Å²) in [4.78, 5) is 12.9. The van der Waals surface area contributed by atoms with Gasteiger partial charge in [-0.2, -0.15) is 0 Å². The van der Waals surface area contributed by atoms with Gasteiger partial charge in [0.2, 0.25) is 0 Å². The van der Waals surface area contributed by atoms with Crippen molar-refractivity contribution in [2.75, 3.05) is 7.11 Å². The lowest BCUT2D eigenvalue weighted by Crippen LogP contribution is -2.22. The van der Waals surface area contributed by atoms with E-state index in [9.17, 15) is 15.0 Å². The van der Waals surface area contributed by atoms with E-state index in [1.807, 2.05) is 30.3 Å². The van der Waals surface area contributed by atoms with Gasteiger partial charge in [0, 0.05) is 18.1 Å². The number of ketones is 1. The van der Waals surface area contributed by atoms with Gasteiger partial charge in [0.15, 0.2) is 5.78 Å². The molecule has 0 unspecified atom stereocenters. The smallest absolute Gasteiger partial charge is 0.174 e. The molecule has 4 rings (SSSR count). The van der Waals surface area contributed by atoms with Crippen LogP contribution in [0.2, 0.25) is 0 Å². The van der Waals surface area contributed by atoms with Gasteiger partial charge >= 0.3 is 0 Å². The maximum Gasteiger partial charge on any atom is 0.174 e. The highest BCUT2D eigenvalue weighted by Gasteiger charge is 2.34. The molecule has 0 aliphatic carbocycles. The first kappa shape index (κ1) is 17.9. The van der Waals surface area contributed by atoms with Crippen molar-refractivity contribution in [1.29, 1.82) is 0 Å². The second-order valence-corrected chi connectivity index (χ2v) is 6.73. The Balaban J connectivity index is 1.83. The molecule has 1 aliphatic heterocycles. The molecule has 0 aromatic heterocycles. The van der Waals surface area contributed by atoms with Crippen molar-refractivity contribution in [2.45, 2.75) is 18.9 Å². The molecule has 1 heterocycles. The van der Waals surface area contributed by atoms with Crippen LogP contribution in [-0.2, 0) is 6.42 Å². The average molecular weight is 376 g/mol. The molecule has 28 heavy (non-hydrogen) atoms.